The van der Waals surface area contributed by atoms with Crippen molar-refractivity contribution in [1.29, 1.82) is 0 Å². The molecule has 0 fully saturated rings. The topological polar surface area (TPSA) is 21.1 Å². The summed E-state index contributed by atoms with van der Waals surface area (Å²) in [5.41, 5.74) is 8.98. The van der Waals surface area contributed by atoms with E-state index in [2.05, 4.69) is 91.1 Å². The van der Waals surface area contributed by atoms with Crippen molar-refractivity contribution < 1.29 is 0 Å². The van der Waals surface area contributed by atoms with E-state index in [4.69, 9.17) is 4.98 Å². The maximum absolute atomic E-state index is 5.33. The monoisotopic (exact) mass is 391 g/mol. The lowest BCUT2D eigenvalue weighted by molar-refractivity contribution is 0.314. The average Bonchev–Trinajstić information content (AvgIpc) is 3.03. The first-order valence-corrected chi connectivity index (χ1v) is 10.7. The number of nitrogens with zero attached hydrogens (tertiary/aromatic N) is 3. The molecular formula is C27H25N3. The summed E-state index contributed by atoms with van der Waals surface area (Å²) in [5, 5.41) is 5.25. The van der Waals surface area contributed by atoms with E-state index in [1.165, 1.54) is 49.4 Å². The second-order valence-corrected chi connectivity index (χ2v) is 8.62. The molecular weight excluding hydrogens is 366 g/mol. The lowest BCUT2D eigenvalue weighted by Gasteiger charge is -2.28. The second kappa shape index (κ2) is 6.41. The quantitative estimate of drug-likeness (QED) is 0.335. The number of hydrogen-bond acceptors (Lipinski definition) is 2. The van der Waals surface area contributed by atoms with E-state index in [-0.39, 0.29) is 0 Å². The van der Waals surface area contributed by atoms with Crippen molar-refractivity contribution in [2.45, 2.75) is 19.9 Å². The van der Waals surface area contributed by atoms with Crippen LogP contribution >= 0.6 is 0 Å². The van der Waals surface area contributed by atoms with Crippen LogP contribution in [0.5, 0.6) is 0 Å². The summed E-state index contributed by atoms with van der Waals surface area (Å²) < 4.78 is 2.30. The van der Waals surface area contributed by atoms with Gasteiger partial charge in [-0.3, -0.25) is 0 Å². The predicted molar refractivity (Wildman–Crippen MR) is 126 cm³/mol. The van der Waals surface area contributed by atoms with Crippen molar-refractivity contribution in [2.24, 2.45) is 7.05 Å². The summed E-state index contributed by atoms with van der Waals surface area (Å²) in [6, 6.07) is 21.8. The van der Waals surface area contributed by atoms with E-state index < -0.39 is 0 Å². The summed E-state index contributed by atoms with van der Waals surface area (Å²) in [5.74, 6) is 0. The van der Waals surface area contributed by atoms with Crippen molar-refractivity contribution in [3.63, 3.8) is 0 Å². The van der Waals surface area contributed by atoms with Crippen LogP contribution in [0.15, 0.2) is 60.7 Å². The molecule has 0 saturated carbocycles. The first-order chi connectivity index (χ1) is 14.6. The number of likely N-dealkylation sites (N-methyl/N-ethyl adjacent to an activating group) is 1. The van der Waals surface area contributed by atoms with Gasteiger partial charge in [-0.2, -0.15) is 0 Å². The van der Waals surface area contributed by atoms with Gasteiger partial charge in [-0.25, -0.2) is 4.98 Å². The molecule has 30 heavy (non-hydrogen) atoms. The van der Waals surface area contributed by atoms with Crippen LogP contribution in [0.4, 0.5) is 0 Å². The van der Waals surface area contributed by atoms with Crippen LogP contribution in [0.1, 0.15) is 16.8 Å². The van der Waals surface area contributed by atoms with Gasteiger partial charge in [0.2, 0.25) is 0 Å². The average molecular weight is 392 g/mol. The van der Waals surface area contributed by atoms with Crippen molar-refractivity contribution in [2.75, 3.05) is 13.6 Å². The highest BCUT2D eigenvalue weighted by atomic mass is 15.1. The van der Waals surface area contributed by atoms with Gasteiger partial charge in [0.1, 0.15) is 0 Å². The highest BCUT2D eigenvalue weighted by molar-refractivity contribution is 6.10. The zero-order chi connectivity index (χ0) is 20.4. The maximum atomic E-state index is 5.33. The molecule has 0 saturated heterocycles. The molecule has 3 heteroatoms. The van der Waals surface area contributed by atoms with E-state index >= 15 is 0 Å². The normalized spacial score (nSPS) is 14.6. The standard InChI is InChI=1S/C27H25N3/c1-17-25(21-10-6-7-11-24(21)30(17)3)27-22-16-29(2)15-14-20(22)26-19-9-5-4-8-18(19)12-13-23(26)28-27/h4-13H,14-16H2,1-3H3. The number of rotatable bonds is 1. The minimum atomic E-state index is 0.944. The molecule has 3 heterocycles. The van der Waals surface area contributed by atoms with Crippen LogP contribution < -0.4 is 0 Å². The first-order valence-electron chi connectivity index (χ1n) is 10.7. The Kier molecular flexibility index (Phi) is 3.78. The van der Waals surface area contributed by atoms with Gasteiger partial charge in [-0.15, -0.1) is 0 Å². The van der Waals surface area contributed by atoms with Gasteiger partial charge in [0, 0.05) is 47.7 Å². The molecule has 0 aliphatic carbocycles. The molecule has 2 aromatic heterocycles. The molecule has 0 bridgehead atoms. The van der Waals surface area contributed by atoms with Crippen molar-refractivity contribution in [3.05, 3.63) is 77.5 Å². The molecule has 0 radical (unpaired) electrons. The SMILES string of the molecule is Cc1c(-c2nc3ccc4ccccc4c3c3c2CN(C)CC3)c2ccccc2n1C. The molecule has 6 rings (SSSR count). The number of benzene rings is 3. The van der Waals surface area contributed by atoms with Crippen LogP contribution in [0, 0.1) is 6.92 Å². The Bertz CT molecular complexity index is 1460. The number of fused-ring (bicyclic) bond motifs is 6. The zero-order valence-corrected chi connectivity index (χ0v) is 17.7. The largest absolute Gasteiger partial charge is 0.347 e. The Morgan fingerprint density at radius 2 is 1.60 bits per heavy atom. The van der Waals surface area contributed by atoms with Crippen molar-refractivity contribution in [3.8, 4) is 11.3 Å². The van der Waals surface area contributed by atoms with E-state index in [1.54, 1.807) is 0 Å². The lowest BCUT2D eigenvalue weighted by Crippen LogP contribution is -2.27. The summed E-state index contributed by atoms with van der Waals surface area (Å²) in [6.07, 6.45) is 1.07. The zero-order valence-electron chi connectivity index (χ0n) is 17.7. The molecule has 0 atom stereocenters. The molecule has 1 aliphatic heterocycles. The summed E-state index contributed by atoms with van der Waals surface area (Å²) >= 11 is 0. The first kappa shape index (κ1) is 17.7. The van der Waals surface area contributed by atoms with Crippen LogP contribution in [0.2, 0.25) is 0 Å². The number of hydrogen-bond donors (Lipinski definition) is 0. The third-order valence-corrected chi connectivity index (χ3v) is 6.90. The summed E-state index contributed by atoms with van der Waals surface area (Å²) in [6.45, 7) is 4.25. The molecule has 0 N–H and O–H groups in total. The van der Waals surface area contributed by atoms with E-state index in [9.17, 15) is 0 Å². The van der Waals surface area contributed by atoms with Gasteiger partial charge < -0.3 is 9.47 Å². The molecule has 0 amide bonds. The Morgan fingerprint density at radius 1 is 0.833 bits per heavy atom. The fourth-order valence-corrected chi connectivity index (χ4v) is 5.28. The number of aromatic nitrogens is 2. The van der Waals surface area contributed by atoms with Gasteiger partial charge in [-0.05, 0) is 54.4 Å². The third kappa shape index (κ3) is 2.39. The third-order valence-electron chi connectivity index (χ3n) is 6.90. The van der Waals surface area contributed by atoms with E-state index in [0.29, 0.717) is 0 Å². The van der Waals surface area contributed by atoms with Crippen LogP contribution in [-0.4, -0.2) is 28.0 Å². The molecule has 148 valence electrons. The second-order valence-electron chi connectivity index (χ2n) is 8.62. The van der Waals surface area contributed by atoms with Gasteiger partial charge >= 0.3 is 0 Å². The van der Waals surface area contributed by atoms with Crippen LogP contribution in [0.25, 0.3) is 43.8 Å². The van der Waals surface area contributed by atoms with Crippen LogP contribution in [-0.2, 0) is 20.0 Å². The summed E-state index contributed by atoms with van der Waals surface area (Å²) in [7, 11) is 4.38. The van der Waals surface area contributed by atoms with Crippen molar-refractivity contribution >= 4 is 32.6 Å². The minimum Gasteiger partial charge on any atom is -0.347 e. The fraction of sp³-hybridized carbons (Fsp3) is 0.222. The van der Waals surface area contributed by atoms with E-state index in [1.807, 2.05) is 0 Å². The molecule has 0 spiro atoms. The van der Waals surface area contributed by atoms with Crippen LogP contribution in [0.3, 0.4) is 0 Å². The van der Waals surface area contributed by atoms with E-state index in [0.717, 1.165) is 30.7 Å². The highest BCUT2D eigenvalue weighted by Gasteiger charge is 2.25. The Hall–Kier alpha value is -3.17. The molecule has 3 nitrogen and oxygen atoms in total. The maximum Gasteiger partial charge on any atom is 0.0781 e. The predicted octanol–water partition coefficient (Wildman–Crippen LogP) is 5.84. The Morgan fingerprint density at radius 3 is 2.47 bits per heavy atom. The molecule has 0 unspecified atom stereocenters. The van der Waals surface area contributed by atoms with Gasteiger partial charge in [0.25, 0.3) is 0 Å². The van der Waals surface area contributed by atoms with Gasteiger partial charge in [-0.1, -0.05) is 48.5 Å². The molecule has 1 aliphatic rings. The fourth-order valence-electron chi connectivity index (χ4n) is 5.28. The molecule has 5 aromatic rings. The minimum absolute atomic E-state index is 0.944. The lowest BCUT2D eigenvalue weighted by atomic mass is 9.89. The van der Waals surface area contributed by atoms with Gasteiger partial charge in [0.15, 0.2) is 0 Å². The van der Waals surface area contributed by atoms with Gasteiger partial charge in [0.05, 0.1) is 11.2 Å². The smallest absolute Gasteiger partial charge is 0.0781 e. The Balaban J connectivity index is 1.78. The molecule has 3 aromatic carbocycles. The number of para-hydroxylation sites is 1. The highest BCUT2D eigenvalue weighted by Crippen LogP contribution is 2.41. The summed E-state index contributed by atoms with van der Waals surface area (Å²) in [4.78, 5) is 7.75. The number of pyridine rings is 1. The number of aryl methyl sites for hydroxylation is 1. The van der Waals surface area contributed by atoms with Crippen molar-refractivity contribution in [1.82, 2.24) is 14.5 Å². The Labute approximate surface area is 176 Å².